The van der Waals surface area contributed by atoms with Crippen molar-refractivity contribution in [3.8, 4) is 0 Å². The molecule has 0 saturated carbocycles. The molecule has 0 bridgehead atoms. The summed E-state index contributed by atoms with van der Waals surface area (Å²) in [5, 5.41) is 2.54. The van der Waals surface area contributed by atoms with Crippen LogP contribution in [-0.2, 0) is 17.8 Å². The first-order valence-electron chi connectivity index (χ1n) is 8.07. The maximum Gasteiger partial charge on any atom is 0.252 e. The zero-order valence-electron chi connectivity index (χ0n) is 13.8. The predicted molar refractivity (Wildman–Crippen MR) is 88.8 cm³/mol. The van der Waals surface area contributed by atoms with Crippen LogP contribution in [0.5, 0.6) is 0 Å². The zero-order valence-corrected chi connectivity index (χ0v) is 13.8. The lowest BCUT2D eigenvalue weighted by Crippen LogP contribution is -2.48. The third-order valence-corrected chi connectivity index (χ3v) is 4.34. The number of benzene rings is 2. The number of fused-ring (bicyclic) bond motifs is 1. The van der Waals surface area contributed by atoms with Gasteiger partial charge in [0, 0.05) is 18.7 Å². The van der Waals surface area contributed by atoms with Crippen LogP contribution in [0.3, 0.4) is 0 Å². The van der Waals surface area contributed by atoms with Gasteiger partial charge in [-0.1, -0.05) is 24.3 Å². The van der Waals surface area contributed by atoms with Crippen LogP contribution in [0, 0.1) is 11.6 Å². The van der Waals surface area contributed by atoms with Crippen molar-refractivity contribution < 1.29 is 18.4 Å². The van der Waals surface area contributed by atoms with Crippen LogP contribution in [0.15, 0.2) is 42.5 Å². The van der Waals surface area contributed by atoms with Gasteiger partial charge in [0.2, 0.25) is 5.91 Å². The average Bonchev–Trinajstić information content (AvgIpc) is 2.62. The van der Waals surface area contributed by atoms with Crippen molar-refractivity contribution >= 4 is 11.8 Å². The molecule has 2 aromatic rings. The highest BCUT2D eigenvalue weighted by molar-refractivity contribution is 5.97. The molecule has 6 heteroatoms. The number of carbonyl (C=O) groups excluding carboxylic acids is 2. The van der Waals surface area contributed by atoms with Crippen LogP contribution in [0.4, 0.5) is 8.78 Å². The monoisotopic (exact) mass is 344 g/mol. The van der Waals surface area contributed by atoms with Gasteiger partial charge in [0.15, 0.2) is 11.6 Å². The lowest BCUT2D eigenvalue weighted by Gasteiger charge is -2.31. The highest BCUT2D eigenvalue weighted by Gasteiger charge is 2.26. The number of nitrogens with one attached hydrogen (secondary N) is 1. The van der Waals surface area contributed by atoms with Gasteiger partial charge < -0.3 is 10.2 Å². The Labute approximate surface area is 144 Å². The van der Waals surface area contributed by atoms with Gasteiger partial charge in [-0.3, -0.25) is 9.59 Å². The van der Waals surface area contributed by atoms with E-state index in [1.54, 1.807) is 11.8 Å². The number of carbonyl (C=O) groups is 2. The van der Waals surface area contributed by atoms with E-state index in [1.165, 1.54) is 11.6 Å². The molecule has 3 rings (SSSR count). The summed E-state index contributed by atoms with van der Waals surface area (Å²) in [6.07, 6.45) is 0.770. The quantitative estimate of drug-likeness (QED) is 0.931. The number of halogens is 2. The molecule has 4 nitrogen and oxygen atoms in total. The maximum absolute atomic E-state index is 13.2. The minimum Gasteiger partial charge on any atom is -0.341 e. The molecule has 1 aliphatic heterocycles. The van der Waals surface area contributed by atoms with E-state index in [0.717, 1.165) is 24.1 Å². The Bertz CT molecular complexity index is 823. The number of hydrogen-bond acceptors (Lipinski definition) is 2. The van der Waals surface area contributed by atoms with Gasteiger partial charge in [0.25, 0.3) is 5.91 Å². The Morgan fingerprint density at radius 2 is 1.80 bits per heavy atom. The number of rotatable bonds is 3. The van der Waals surface area contributed by atoms with Crippen molar-refractivity contribution in [1.29, 1.82) is 0 Å². The smallest absolute Gasteiger partial charge is 0.252 e. The Hall–Kier alpha value is -2.76. The molecule has 1 N–H and O–H groups in total. The largest absolute Gasteiger partial charge is 0.341 e. The van der Waals surface area contributed by atoms with Gasteiger partial charge in [-0.25, -0.2) is 8.78 Å². The Morgan fingerprint density at radius 3 is 2.52 bits per heavy atom. The minimum absolute atomic E-state index is 0.0254. The lowest BCUT2D eigenvalue weighted by atomic mass is 9.99. The molecule has 25 heavy (non-hydrogen) atoms. The Morgan fingerprint density at radius 1 is 1.08 bits per heavy atom. The van der Waals surface area contributed by atoms with Crippen LogP contribution in [0.1, 0.15) is 28.4 Å². The van der Waals surface area contributed by atoms with Gasteiger partial charge in [-0.15, -0.1) is 0 Å². The van der Waals surface area contributed by atoms with Crippen molar-refractivity contribution in [1.82, 2.24) is 10.2 Å². The molecule has 2 aromatic carbocycles. The molecule has 0 aliphatic carbocycles. The molecular formula is C19H18F2N2O2. The highest BCUT2D eigenvalue weighted by Crippen LogP contribution is 2.19. The van der Waals surface area contributed by atoms with Crippen LogP contribution >= 0.6 is 0 Å². The maximum atomic E-state index is 13.2. The standard InChI is InChI=1S/C19H18F2N2O2/c1-12(22-18(24)14-6-7-16(20)17(21)10-14)19(25)23-9-8-13-4-2-3-5-15(13)11-23/h2-7,10,12H,8-9,11H2,1H3,(H,22,24)/t12-/m0/s1. The first-order chi connectivity index (χ1) is 12.0. The molecule has 0 fully saturated rings. The Balaban J connectivity index is 1.65. The second-order valence-corrected chi connectivity index (χ2v) is 6.10. The number of nitrogens with zero attached hydrogens (tertiary/aromatic N) is 1. The second kappa shape index (κ2) is 7.01. The summed E-state index contributed by atoms with van der Waals surface area (Å²) >= 11 is 0. The van der Waals surface area contributed by atoms with E-state index < -0.39 is 23.6 Å². The molecule has 0 unspecified atom stereocenters. The van der Waals surface area contributed by atoms with Crippen molar-refractivity contribution in [2.45, 2.75) is 25.9 Å². The summed E-state index contributed by atoms with van der Waals surface area (Å²) in [5.74, 6) is -2.94. The topological polar surface area (TPSA) is 49.4 Å². The fraction of sp³-hybridized carbons (Fsp3) is 0.263. The third-order valence-electron chi connectivity index (χ3n) is 4.34. The summed E-state index contributed by atoms with van der Waals surface area (Å²) in [7, 11) is 0. The fourth-order valence-corrected chi connectivity index (χ4v) is 2.94. The number of hydrogen-bond donors (Lipinski definition) is 1. The molecule has 1 heterocycles. The normalized spacial score (nSPS) is 14.6. The highest BCUT2D eigenvalue weighted by atomic mass is 19.2. The van der Waals surface area contributed by atoms with Crippen molar-refractivity contribution in [3.05, 3.63) is 70.8 Å². The van der Waals surface area contributed by atoms with E-state index in [0.29, 0.717) is 13.1 Å². The van der Waals surface area contributed by atoms with Crippen LogP contribution in [-0.4, -0.2) is 29.3 Å². The summed E-state index contributed by atoms with van der Waals surface area (Å²) in [4.78, 5) is 26.4. The minimum atomic E-state index is -1.10. The van der Waals surface area contributed by atoms with E-state index in [4.69, 9.17) is 0 Å². The van der Waals surface area contributed by atoms with Gasteiger partial charge in [-0.05, 0) is 42.7 Å². The van der Waals surface area contributed by atoms with Gasteiger partial charge >= 0.3 is 0 Å². The van der Waals surface area contributed by atoms with E-state index in [9.17, 15) is 18.4 Å². The van der Waals surface area contributed by atoms with E-state index in [1.807, 2.05) is 24.3 Å². The first kappa shape index (κ1) is 17.1. The molecule has 0 spiro atoms. The van der Waals surface area contributed by atoms with E-state index >= 15 is 0 Å². The molecule has 1 aliphatic rings. The van der Waals surface area contributed by atoms with Gasteiger partial charge in [0.1, 0.15) is 6.04 Å². The molecule has 2 amide bonds. The lowest BCUT2D eigenvalue weighted by molar-refractivity contribution is -0.133. The van der Waals surface area contributed by atoms with Crippen LogP contribution < -0.4 is 5.32 Å². The van der Waals surface area contributed by atoms with Crippen molar-refractivity contribution in [2.75, 3.05) is 6.54 Å². The molecular weight excluding hydrogens is 326 g/mol. The molecule has 0 saturated heterocycles. The second-order valence-electron chi connectivity index (χ2n) is 6.10. The first-order valence-corrected chi connectivity index (χ1v) is 8.07. The van der Waals surface area contributed by atoms with Crippen molar-refractivity contribution in [3.63, 3.8) is 0 Å². The fourth-order valence-electron chi connectivity index (χ4n) is 2.94. The zero-order chi connectivity index (χ0) is 18.0. The van der Waals surface area contributed by atoms with Crippen LogP contribution in [0.2, 0.25) is 0 Å². The molecule has 1 atom stereocenters. The summed E-state index contributed by atoms with van der Waals surface area (Å²) in [6, 6.07) is 10.1. The molecule has 0 aromatic heterocycles. The summed E-state index contributed by atoms with van der Waals surface area (Å²) in [5.41, 5.74) is 2.30. The molecule has 130 valence electrons. The van der Waals surface area contributed by atoms with Crippen LogP contribution in [0.25, 0.3) is 0 Å². The van der Waals surface area contributed by atoms with E-state index in [2.05, 4.69) is 5.32 Å². The molecule has 0 radical (unpaired) electrons. The SMILES string of the molecule is C[C@H](NC(=O)c1ccc(F)c(F)c1)C(=O)N1CCc2ccccc2C1. The van der Waals surface area contributed by atoms with Gasteiger partial charge in [0.05, 0.1) is 0 Å². The average molecular weight is 344 g/mol. The summed E-state index contributed by atoms with van der Waals surface area (Å²) in [6.45, 7) is 2.67. The summed E-state index contributed by atoms with van der Waals surface area (Å²) < 4.78 is 26.2. The predicted octanol–water partition coefficient (Wildman–Crippen LogP) is 2.67. The van der Waals surface area contributed by atoms with E-state index in [-0.39, 0.29) is 11.5 Å². The third kappa shape index (κ3) is 3.68. The van der Waals surface area contributed by atoms with Gasteiger partial charge in [-0.2, -0.15) is 0 Å². The number of amides is 2. The van der Waals surface area contributed by atoms with Crippen molar-refractivity contribution in [2.24, 2.45) is 0 Å². The Kier molecular flexibility index (Phi) is 4.79.